The van der Waals surface area contributed by atoms with E-state index in [1.807, 2.05) is 0 Å². The molecule has 1 aromatic rings. The summed E-state index contributed by atoms with van der Waals surface area (Å²) in [6.07, 6.45) is -2.66. The van der Waals surface area contributed by atoms with Gasteiger partial charge >= 0.3 is 0 Å². The number of amides is 1. The quantitative estimate of drug-likeness (QED) is 0.719. The number of ether oxygens (including phenoxy) is 2. The van der Waals surface area contributed by atoms with Gasteiger partial charge in [-0.15, -0.1) is 12.4 Å². The van der Waals surface area contributed by atoms with E-state index in [0.717, 1.165) is 5.56 Å². The third-order valence-corrected chi connectivity index (χ3v) is 2.77. The minimum absolute atomic E-state index is 0. The molecule has 1 amide bonds. The van der Waals surface area contributed by atoms with E-state index in [-0.39, 0.29) is 43.9 Å². The molecule has 126 valence electrons. The summed E-state index contributed by atoms with van der Waals surface area (Å²) in [5, 5.41) is 2.71. The minimum atomic E-state index is -2.52. The number of halogens is 3. The first kappa shape index (κ1) is 20.6. The van der Waals surface area contributed by atoms with Gasteiger partial charge in [0.25, 0.3) is 6.43 Å². The molecule has 5 nitrogen and oxygen atoms in total. The summed E-state index contributed by atoms with van der Waals surface area (Å²) in [6, 6.07) is 6.65. The standard InChI is InChI=1S/C14H20F2N2O3.ClH/c1-20-12(7-17)6-14(19)18-8-10-3-2-4-11(5-10)21-9-13(15)16;/h2-5,12-13H,6-9,17H2,1H3,(H,18,19);1H. The van der Waals surface area contributed by atoms with Crippen LogP contribution in [0.25, 0.3) is 0 Å². The van der Waals surface area contributed by atoms with Crippen LogP contribution in [0.15, 0.2) is 24.3 Å². The van der Waals surface area contributed by atoms with Gasteiger partial charge in [0.2, 0.25) is 5.91 Å². The normalized spacial score (nSPS) is 11.7. The molecule has 1 aromatic carbocycles. The van der Waals surface area contributed by atoms with Crippen molar-refractivity contribution in [3.63, 3.8) is 0 Å². The lowest BCUT2D eigenvalue weighted by Gasteiger charge is -2.13. The molecule has 1 atom stereocenters. The van der Waals surface area contributed by atoms with Gasteiger partial charge in [-0.25, -0.2) is 8.78 Å². The lowest BCUT2D eigenvalue weighted by molar-refractivity contribution is -0.123. The molecule has 0 heterocycles. The number of nitrogens with one attached hydrogen (secondary N) is 1. The highest BCUT2D eigenvalue weighted by Crippen LogP contribution is 2.14. The van der Waals surface area contributed by atoms with E-state index in [2.05, 4.69) is 5.32 Å². The molecule has 0 aliphatic rings. The molecule has 0 radical (unpaired) electrons. The van der Waals surface area contributed by atoms with Crippen molar-refractivity contribution in [3.05, 3.63) is 29.8 Å². The largest absolute Gasteiger partial charge is 0.488 e. The molecule has 1 unspecified atom stereocenters. The van der Waals surface area contributed by atoms with E-state index in [0.29, 0.717) is 5.75 Å². The second-order valence-electron chi connectivity index (χ2n) is 4.42. The molecule has 3 N–H and O–H groups in total. The van der Waals surface area contributed by atoms with Crippen LogP contribution in [0, 0.1) is 0 Å². The second-order valence-corrected chi connectivity index (χ2v) is 4.42. The van der Waals surface area contributed by atoms with Crippen LogP contribution < -0.4 is 15.8 Å². The van der Waals surface area contributed by atoms with Crippen LogP contribution >= 0.6 is 12.4 Å². The third kappa shape index (κ3) is 8.11. The zero-order chi connectivity index (χ0) is 15.7. The Morgan fingerprint density at radius 1 is 1.41 bits per heavy atom. The van der Waals surface area contributed by atoms with Gasteiger partial charge < -0.3 is 20.5 Å². The Bertz CT molecular complexity index is 446. The van der Waals surface area contributed by atoms with Crippen molar-refractivity contribution in [2.24, 2.45) is 5.73 Å². The number of carbonyl (C=O) groups is 1. The first-order chi connectivity index (χ1) is 10.0. The highest BCUT2D eigenvalue weighted by atomic mass is 35.5. The number of hydrogen-bond acceptors (Lipinski definition) is 4. The fourth-order valence-electron chi connectivity index (χ4n) is 1.65. The fraction of sp³-hybridized carbons (Fsp3) is 0.500. The summed E-state index contributed by atoms with van der Waals surface area (Å²) in [7, 11) is 1.49. The maximum Gasteiger partial charge on any atom is 0.272 e. The van der Waals surface area contributed by atoms with Gasteiger partial charge in [0, 0.05) is 20.2 Å². The van der Waals surface area contributed by atoms with Crippen molar-refractivity contribution < 1.29 is 23.0 Å². The first-order valence-electron chi connectivity index (χ1n) is 6.54. The molecule has 0 saturated heterocycles. The van der Waals surface area contributed by atoms with Crippen molar-refractivity contribution in [3.8, 4) is 5.75 Å². The molecule has 0 aliphatic heterocycles. The summed E-state index contributed by atoms with van der Waals surface area (Å²) in [5.41, 5.74) is 6.19. The Labute approximate surface area is 134 Å². The molecule has 0 aromatic heterocycles. The molecular weight excluding hydrogens is 318 g/mol. The number of benzene rings is 1. The van der Waals surface area contributed by atoms with Crippen LogP contribution in [0.3, 0.4) is 0 Å². The van der Waals surface area contributed by atoms with Crippen molar-refractivity contribution in [1.82, 2.24) is 5.32 Å². The minimum Gasteiger partial charge on any atom is -0.488 e. The van der Waals surface area contributed by atoms with Gasteiger partial charge in [-0.1, -0.05) is 12.1 Å². The maximum absolute atomic E-state index is 12.1. The summed E-state index contributed by atoms with van der Waals surface area (Å²) in [5.74, 6) is 0.157. The van der Waals surface area contributed by atoms with Gasteiger partial charge in [-0.2, -0.15) is 0 Å². The SMILES string of the molecule is COC(CN)CC(=O)NCc1cccc(OCC(F)F)c1.Cl. The summed E-state index contributed by atoms with van der Waals surface area (Å²) in [4.78, 5) is 11.7. The second kappa shape index (κ2) is 11.2. The molecule has 0 aliphatic carbocycles. The monoisotopic (exact) mass is 338 g/mol. The lowest BCUT2D eigenvalue weighted by atomic mass is 10.2. The van der Waals surface area contributed by atoms with Crippen LogP contribution in [0.5, 0.6) is 5.75 Å². The van der Waals surface area contributed by atoms with E-state index >= 15 is 0 Å². The molecule has 1 rings (SSSR count). The van der Waals surface area contributed by atoms with Crippen LogP contribution in [0.4, 0.5) is 8.78 Å². The summed E-state index contributed by atoms with van der Waals surface area (Å²) < 4.78 is 34.1. The Hall–Kier alpha value is -1.44. The Morgan fingerprint density at radius 2 is 2.14 bits per heavy atom. The number of carbonyl (C=O) groups excluding carboxylic acids is 1. The van der Waals surface area contributed by atoms with Crippen LogP contribution in [0.2, 0.25) is 0 Å². The molecule has 0 spiro atoms. The maximum atomic E-state index is 12.1. The van der Waals surface area contributed by atoms with Gasteiger partial charge in [0.15, 0.2) is 0 Å². The zero-order valence-electron chi connectivity index (χ0n) is 12.3. The average Bonchev–Trinajstić information content (AvgIpc) is 2.49. The van der Waals surface area contributed by atoms with Crippen molar-refractivity contribution >= 4 is 18.3 Å². The number of rotatable bonds is 9. The first-order valence-corrected chi connectivity index (χ1v) is 6.54. The van der Waals surface area contributed by atoms with Crippen molar-refractivity contribution in [1.29, 1.82) is 0 Å². The number of nitrogens with two attached hydrogens (primary N) is 1. The van der Waals surface area contributed by atoms with E-state index in [1.165, 1.54) is 7.11 Å². The van der Waals surface area contributed by atoms with Gasteiger partial charge in [0.05, 0.1) is 12.5 Å². The molecule has 22 heavy (non-hydrogen) atoms. The molecule has 0 saturated carbocycles. The number of methoxy groups -OCH3 is 1. The van der Waals surface area contributed by atoms with E-state index in [4.69, 9.17) is 15.2 Å². The van der Waals surface area contributed by atoms with Gasteiger partial charge in [-0.05, 0) is 17.7 Å². The fourth-order valence-corrected chi connectivity index (χ4v) is 1.65. The topological polar surface area (TPSA) is 73.6 Å². The van der Waals surface area contributed by atoms with Crippen LogP contribution in [0.1, 0.15) is 12.0 Å². The van der Waals surface area contributed by atoms with E-state index < -0.39 is 13.0 Å². The van der Waals surface area contributed by atoms with E-state index in [1.54, 1.807) is 24.3 Å². The van der Waals surface area contributed by atoms with Crippen molar-refractivity contribution in [2.45, 2.75) is 25.5 Å². The van der Waals surface area contributed by atoms with Gasteiger partial charge in [0.1, 0.15) is 12.4 Å². The summed E-state index contributed by atoms with van der Waals surface area (Å²) >= 11 is 0. The highest BCUT2D eigenvalue weighted by Gasteiger charge is 2.11. The molecule has 0 fully saturated rings. The molecule has 8 heteroatoms. The molecule has 0 bridgehead atoms. The predicted molar refractivity (Wildman–Crippen MR) is 81.5 cm³/mol. The Morgan fingerprint density at radius 3 is 2.73 bits per heavy atom. The Kier molecular flexibility index (Phi) is 10.4. The zero-order valence-corrected chi connectivity index (χ0v) is 13.1. The number of alkyl halides is 2. The smallest absolute Gasteiger partial charge is 0.272 e. The third-order valence-electron chi connectivity index (χ3n) is 2.77. The predicted octanol–water partition coefficient (Wildman–Crippen LogP) is 1.73. The number of hydrogen-bond donors (Lipinski definition) is 2. The van der Waals surface area contributed by atoms with Crippen LogP contribution in [-0.4, -0.2) is 38.7 Å². The van der Waals surface area contributed by atoms with Crippen LogP contribution in [-0.2, 0) is 16.1 Å². The lowest BCUT2D eigenvalue weighted by Crippen LogP contribution is -2.31. The van der Waals surface area contributed by atoms with Gasteiger partial charge in [-0.3, -0.25) is 4.79 Å². The molecular formula is C14H21ClF2N2O3. The highest BCUT2D eigenvalue weighted by molar-refractivity contribution is 5.85. The van der Waals surface area contributed by atoms with Crippen molar-refractivity contribution in [2.75, 3.05) is 20.3 Å². The van der Waals surface area contributed by atoms with E-state index in [9.17, 15) is 13.6 Å². The average molecular weight is 339 g/mol. The summed E-state index contributed by atoms with van der Waals surface area (Å²) in [6.45, 7) is -0.103. The Balaban J connectivity index is 0.00000441.